The monoisotopic (exact) mass is 570 g/mol. The van der Waals surface area contributed by atoms with Gasteiger partial charge in [-0.1, -0.05) is 105 Å². The van der Waals surface area contributed by atoms with Gasteiger partial charge in [-0.05, 0) is 69.6 Å². The second-order valence-corrected chi connectivity index (χ2v) is 12.8. The highest BCUT2D eigenvalue weighted by molar-refractivity contribution is 6.12. The number of rotatable bonds is 3. The minimum absolute atomic E-state index is 0.0172. The summed E-state index contributed by atoms with van der Waals surface area (Å²) in [5, 5.41) is 16.7. The highest BCUT2D eigenvalue weighted by atomic mass is 15.3. The third-order valence-corrected chi connectivity index (χ3v) is 9.91. The normalized spacial score (nSPS) is 20.2. The Bertz CT molecular complexity index is 2210. The maximum Gasteiger partial charge on any atom is 0.129 e. The Morgan fingerprint density at radius 3 is 2.32 bits per heavy atom. The van der Waals surface area contributed by atoms with Gasteiger partial charge in [0.1, 0.15) is 6.17 Å². The second kappa shape index (κ2) is 9.39. The first-order chi connectivity index (χ1) is 21.6. The molecule has 3 heterocycles. The molecule has 4 heteroatoms. The van der Waals surface area contributed by atoms with Crippen LogP contribution in [0.4, 0.5) is 0 Å². The molecule has 0 fully saturated rings. The van der Waals surface area contributed by atoms with E-state index in [-0.39, 0.29) is 17.6 Å². The van der Waals surface area contributed by atoms with Gasteiger partial charge in [0, 0.05) is 34.0 Å². The standard InChI is InChI=1S/C40H34N4/c1-40(2)33-17-16-29(25-18-20-41-21-19-25)23-32(33)37-38(40)42-36(26-10-4-3-5-11-26)39(43-37)44-34-15-9-8-14-30(34)31-22-27-12-6-7-13-28(27)24-35(31)44/h3-20,22-24,36,39,41-43H,21H2,1-2H3. The van der Waals surface area contributed by atoms with Crippen LogP contribution < -0.4 is 16.0 Å². The first-order valence-electron chi connectivity index (χ1n) is 15.6. The first-order valence-corrected chi connectivity index (χ1v) is 15.6. The highest BCUT2D eigenvalue weighted by Gasteiger charge is 2.45. The molecular formula is C40H34N4. The van der Waals surface area contributed by atoms with Crippen LogP contribution >= 0.6 is 0 Å². The summed E-state index contributed by atoms with van der Waals surface area (Å²) in [6.07, 6.45) is 6.41. The molecule has 0 radical (unpaired) electrons. The van der Waals surface area contributed by atoms with Crippen molar-refractivity contribution in [1.82, 2.24) is 20.5 Å². The number of aromatic nitrogens is 1. The molecule has 2 unspecified atom stereocenters. The Hall–Kier alpha value is -5.22. The van der Waals surface area contributed by atoms with Crippen LogP contribution in [0.25, 0.3) is 43.8 Å². The van der Waals surface area contributed by atoms with Crippen LogP contribution in [0.2, 0.25) is 0 Å². The Kier molecular flexibility index (Phi) is 5.40. The van der Waals surface area contributed by atoms with Gasteiger partial charge in [-0.3, -0.25) is 0 Å². The Labute approximate surface area is 257 Å². The molecule has 3 aliphatic rings. The van der Waals surface area contributed by atoms with E-state index in [1.807, 2.05) is 6.20 Å². The summed E-state index contributed by atoms with van der Waals surface area (Å²) in [5.41, 5.74) is 11.2. The maximum atomic E-state index is 4.17. The molecule has 0 amide bonds. The minimum Gasteiger partial charge on any atom is -0.387 e. The van der Waals surface area contributed by atoms with Gasteiger partial charge in [0.2, 0.25) is 0 Å². The van der Waals surface area contributed by atoms with Crippen molar-refractivity contribution in [2.75, 3.05) is 6.54 Å². The third kappa shape index (κ3) is 3.64. The van der Waals surface area contributed by atoms with Crippen LogP contribution in [0.3, 0.4) is 0 Å². The number of hydrogen-bond donors (Lipinski definition) is 3. The van der Waals surface area contributed by atoms with Gasteiger partial charge < -0.3 is 20.5 Å². The van der Waals surface area contributed by atoms with E-state index in [0.717, 1.165) is 6.54 Å². The molecule has 9 rings (SSSR count). The van der Waals surface area contributed by atoms with Crippen LogP contribution in [-0.2, 0) is 5.41 Å². The first kappa shape index (κ1) is 25.3. The van der Waals surface area contributed by atoms with E-state index in [9.17, 15) is 0 Å². The van der Waals surface area contributed by atoms with Gasteiger partial charge >= 0.3 is 0 Å². The van der Waals surface area contributed by atoms with E-state index >= 15 is 0 Å². The zero-order chi connectivity index (χ0) is 29.4. The van der Waals surface area contributed by atoms with Crippen LogP contribution in [-0.4, -0.2) is 11.1 Å². The van der Waals surface area contributed by atoms with Crippen molar-refractivity contribution in [2.45, 2.75) is 31.5 Å². The van der Waals surface area contributed by atoms with E-state index in [4.69, 9.17) is 0 Å². The molecule has 3 N–H and O–H groups in total. The quantitative estimate of drug-likeness (QED) is 0.200. The number of dihydropyridines is 1. The Morgan fingerprint density at radius 2 is 1.50 bits per heavy atom. The zero-order valence-electron chi connectivity index (χ0n) is 24.9. The average Bonchev–Trinajstić information content (AvgIpc) is 3.51. The van der Waals surface area contributed by atoms with Crippen molar-refractivity contribution in [2.24, 2.45) is 0 Å². The van der Waals surface area contributed by atoms with Crippen molar-refractivity contribution in [3.8, 4) is 0 Å². The largest absolute Gasteiger partial charge is 0.387 e. The number of nitrogens with one attached hydrogen (secondary N) is 3. The topological polar surface area (TPSA) is 41.0 Å². The van der Waals surface area contributed by atoms with Crippen molar-refractivity contribution >= 4 is 43.8 Å². The molecular weight excluding hydrogens is 536 g/mol. The number of para-hydroxylation sites is 1. The van der Waals surface area contributed by atoms with Crippen molar-refractivity contribution in [3.63, 3.8) is 0 Å². The lowest BCUT2D eigenvalue weighted by molar-refractivity contribution is 0.330. The predicted molar refractivity (Wildman–Crippen MR) is 183 cm³/mol. The van der Waals surface area contributed by atoms with Gasteiger partial charge in [0.05, 0.1) is 22.8 Å². The lowest BCUT2D eigenvalue weighted by Gasteiger charge is -2.40. The number of allylic oxidation sites excluding steroid dienone is 3. The van der Waals surface area contributed by atoms with Gasteiger partial charge in [0.25, 0.3) is 0 Å². The maximum absolute atomic E-state index is 4.17. The molecule has 1 aromatic heterocycles. The summed E-state index contributed by atoms with van der Waals surface area (Å²) in [5.74, 6) is 0. The van der Waals surface area contributed by atoms with Gasteiger partial charge in [-0.15, -0.1) is 0 Å². The van der Waals surface area contributed by atoms with Crippen LogP contribution in [0.1, 0.15) is 48.3 Å². The number of nitrogens with zero attached hydrogens (tertiary/aromatic N) is 1. The zero-order valence-corrected chi connectivity index (χ0v) is 24.9. The summed E-state index contributed by atoms with van der Waals surface area (Å²) >= 11 is 0. The fourth-order valence-electron chi connectivity index (χ4n) is 7.72. The van der Waals surface area contributed by atoms with Gasteiger partial charge in [0.15, 0.2) is 0 Å². The second-order valence-electron chi connectivity index (χ2n) is 12.8. The van der Waals surface area contributed by atoms with Crippen molar-refractivity contribution in [3.05, 3.63) is 155 Å². The number of fused-ring (bicyclic) bond motifs is 6. The van der Waals surface area contributed by atoms with Gasteiger partial charge in [-0.25, -0.2) is 0 Å². The van der Waals surface area contributed by atoms with E-state index in [2.05, 4.69) is 156 Å². The van der Waals surface area contributed by atoms with E-state index < -0.39 is 0 Å². The molecule has 214 valence electrons. The molecule has 1 aliphatic carbocycles. The van der Waals surface area contributed by atoms with Crippen LogP contribution in [0.15, 0.2) is 133 Å². The van der Waals surface area contributed by atoms with Crippen molar-refractivity contribution in [1.29, 1.82) is 0 Å². The van der Waals surface area contributed by atoms with E-state index in [1.165, 1.54) is 71.8 Å². The summed E-state index contributed by atoms with van der Waals surface area (Å²) in [4.78, 5) is 0. The fourth-order valence-corrected chi connectivity index (χ4v) is 7.72. The summed E-state index contributed by atoms with van der Waals surface area (Å²) in [6, 6.07) is 40.2. The Balaban J connectivity index is 1.29. The minimum atomic E-state index is -0.163. The highest BCUT2D eigenvalue weighted by Crippen LogP contribution is 2.50. The SMILES string of the molecule is CC1(C)C2=C(NC(n3c4ccccc4c4cc5ccccc5cc43)C(c3ccccc3)N2)c2cc(C3=CCNC=C3)ccc21. The summed E-state index contributed by atoms with van der Waals surface area (Å²) in [6.45, 7) is 5.55. The molecule has 0 saturated heterocycles. The number of hydrogen-bond acceptors (Lipinski definition) is 3. The smallest absolute Gasteiger partial charge is 0.129 e. The average molecular weight is 571 g/mol. The molecule has 4 nitrogen and oxygen atoms in total. The van der Waals surface area contributed by atoms with Gasteiger partial charge in [-0.2, -0.15) is 0 Å². The Morgan fingerprint density at radius 1 is 0.727 bits per heavy atom. The number of benzene rings is 5. The molecule has 0 saturated carbocycles. The summed E-state index contributed by atoms with van der Waals surface area (Å²) < 4.78 is 2.54. The molecule has 6 aromatic rings. The molecule has 44 heavy (non-hydrogen) atoms. The molecule has 2 atom stereocenters. The van der Waals surface area contributed by atoms with E-state index in [1.54, 1.807) is 0 Å². The summed E-state index contributed by atoms with van der Waals surface area (Å²) in [7, 11) is 0. The predicted octanol–water partition coefficient (Wildman–Crippen LogP) is 8.54. The molecule has 0 bridgehead atoms. The van der Waals surface area contributed by atoms with Crippen LogP contribution in [0, 0.1) is 0 Å². The fraction of sp³-hybridized carbons (Fsp3) is 0.150. The molecule has 2 aliphatic heterocycles. The van der Waals surface area contributed by atoms with E-state index in [0.29, 0.717) is 0 Å². The lowest BCUT2D eigenvalue weighted by atomic mass is 9.83. The molecule has 0 spiro atoms. The lowest BCUT2D eigenvalue weighted by Crippen LogP contribution is -2.45. The molecule has 5 aromatic carbocycles. The van der Waals surface area contributed by atoms with Crippen molar-refractivity contribution < 1.29 is 0 Å². The third-order valence-electron chi connectivity index (χ3n) is 9.91. The van der Waals surface area contributed by atoms with Crippen LogP contribution in [0.5, 0.6) is 0 Å².